The Morgan fingerprint density at radius 3 is 2.29 bits per heavy atom. The largest absolute Gasteiger partial charge is 0.461 e. The Kier molecular flexibility index (Phi) is 7.22. The van der Waals surface area contributed by atoms with Crippen LogP contribution >= 0.6 is 0 Å². The molecule has 4 unspecified atom stereocenters. The molecule has 162 valence electrons. The van der Waals surface area contributed by atoms with E-state index < -0.39 is 6.04 Å². The summed E-state index contributed by atoms with van der Waals surface area (Å²) in [6.07, 6.45) is 4.75. The number of hydrogen-bond donors (Lipinski definition) is 1. The molecular formula is C23H42N2O3. The first-order valence-corrected chi connectivity index (χ1v) is 11.1. The van der Waals surface area contributed by atoms with Gasteiger partial charge < -0.3 is 15.0 Å². The van der Waals surface area contributed by atoms with Crippen LogP contribution in [0.3, 0.4) is 0 Å². The number of esters is 1. The number of hydrogen-bond acceptors (Lipinski definition) is 4. The van der Waals surface area contributed by atoms with Gasteiger partial charge in [0.25, 0.3) is 0 Å². The molecule has 0 aromatic carbocycles. The van der Waals surface area contributed by atoms with Crippen molar-refractivity contribution in [1.82, 2.24) is 10.2 Å². The zero-order valence-electron chi connectivity index (χ0n) is 19.3. The molecule has 2 fully saturated rings. The van der Waals surface area contributed by atoms with Gasteiger partial charge >= 0.3 is 5.97 Å². The van der Waals surface area contributed by atoms with Gasteiger partial charge in [0.1, 0.15) is 6.04 Å². The minimum absolute atomic E-state index is 0.0169. The second-order valence-electron chi connectivity index (χ2n) is 10.5. The van der Waals surface area contributed by atoms with Crippen molar-refractivity contribution in [3.63, 3.8) is 0 Å². The van der Waals surface area contributed by atoms with E-state index in [-0.39, 0.29) is 35.4 Å². The van der Waals surface area contributed by atoms with E-state index in [1.807, 2.05) is 20.8 Å². The van der Waals surface area contributed by atoms with Crippen LogP contribution in [0.1, 0.15) is 80.6 Å². The summed E-state index contributed by atoms with van der Waals surface area (Å²) in [6, 6.07) is -0.690. The first-order valence-electron chi connectivity index (χ1n) is 11.1. The molecule has 1 aliphatic heterocycles. The SMILES string of the molecule is CNC(C(=O)N1CCCC1C(=O)OC(C)CC1CCC(C)(C)C1(C)C)C(C)C. The van der Waals surface area contributed by atoms with Gasteiger partial charge in [-0.2, -0.15) is 0 Å². The molecule has 1 amide bonds. The maximum atomic E-state index is 12.9. The molecule has 1 aliphatic carbocycles. The minimum atomic E-state index is -0.433. The van der Waals surface area contributed by atoms with Gasteiger partial charge in [-0.1, -0.05) is 41.5 Å². The highest BCUT2D eigenvalue weighted by Gasteiger charge is 2.48. The lowest BCUT2D eigenvalue weighted by Crippen LogP contribution is -2.52. The molecule has 1 heterocycles. The van der Waals surface area contributed by atoms with Crippen LogP contribution in [0.2, 0.25) is 0 Å². The molecule has 5 nitrogen and oxygen atoms in total. The number of rotatable bonds is 7. The Labute approximate surface area is 172 Å². The minimum Gasteiger partial charge on any atom is -0.461 e. The number of amides is 1. The third-order valence-electron chi connectivity index (χ3n) is 7.87. The van der Waals surface area contributed by atoms with Gasteiger partial charge in [0.05, 0.1) is 12.1 Å². The number of ether oxygens (including phenoxy) is 1. The number of carbonyl (C=O) groups is 2. The number of likely N-dealkylation sites (N-methyl/N-ethyl adjacent to an activating group) is 1. The summed E-state index contributed by atoms with van der Waals surface area (Å²) in [5.41, 5.74) is 0.551. The molecule has 1 N–H and O–H groups in total. The molecule has 1 saturated heterocycles. The Morgan fingerprint density at radius 1 is 1.14 bits per heavy atom. The molecule has 28 heavy (non-hydrogen) atoms. The lowest BCUT2D eigenvalue weighted by Gasteiger charge is -2.40. The van der Waals surface area contributed by atoms with Crippen molar-refractivity contribution < 1.29 is 14.3 Å². The van der Waals surface area contributed by atoms with Gasteiger partial charge in [-0.3, -0.25) is 4.79 Å². The van der Waals surface area contributed by atoms with Crippen molar-refractivity contribution in [1.29, 1.82) is 0 Å². The van der Waals surface area contributed by atoms with Crippen molar-refractivity contribution >= 4 is 11.9 Å². The summed E-state index contributed by atoms with van der Waals surface area (Å²) in [5, 5.41) is 3.10. The van der Waals surface area contributed by atoms with Gasteiger partial charge in [0, 0.05) is 6.54 Å². The summed E-state index contributed by atoms with van der Waals surface area (Å²) in [6.45, 7) is 16.1. The Balaban J connectivity index is 1.97. The van der Waals surface area contributed by atoms with Crippen molar-refractivity contribution in [3.05, 3.63) is 0 Å². The highest BCUT2D eigenvalue weighted by molar-refractivity contribution is 5.88. The maximum Gasteiger partial charge on any atom is 0.329 e. The van der Waals surface area contributed by atoms with Crippen molar-refractivity contribution in [2.24, 2.45) is 22.7 Å². The van der Waals surface area contributed by atoms with Gasteiger partial charge in [-0.05, 0) is 68.7 Å². The van der Waals surface area contributed by atoms with Crippen molar-refractivity contribution in [2.75, 3.05) is 13.6 Å². The molecule has 0 aromatic rings. The molecule has 0 aromatic heterocycles. The molecule has 0 bridgehead atoms. The quantitative estimate of drug-likeness (QED) is 0.663. The van der Waals surface area contributed by atoms with Gasteiger partial charge in [-0.15, -0.1) is 0 Å². The summed E-state index contributed by atoms with van der Waals surface area (Å²) < 4.78 is 5.86. The summed E-state index contributed by atoms with van der Waals surface area (Å²) in [7, 11) is 1.80. The lowest BCUT2D eigenvalue weighted by molar-refractivity contribution is -0.159. The van der Waals surface area contributed by atoms with Crippen LogP contribution in [0.4, 0.5) is 0 Å². The van der Waals surface area contributed by atoms with E-state index in [0.29, 0.717) is 24.3 Å². The lowest BCUT2D eigenvalue weighted by atomic mass is 9.66. The first-order chi connectivity index (χ1) is 12.9. The molecule has 1 saturated carbocycles. The molecular weight excluding hydrogens is 352 g/mol. The Morgan fingerprint density at radius 2 is 1.79 bits per heavy atom. The molecule has 0 radical (unpaired) electrons. The van der Waals surface area contributed by atoms with Gasteiger partial charge in [0.2, 0.25) is 5.91 Å². The topological polar surface area (TPSA) is 58.6 Å². The third-order valence-corrected chi connectivity index (χ3v) is 7.87. The standard InChI is InChI=1S/C23H42N2O3/c1-15(2)19(24-8)20(26)25-13-9-10-18(25)21(27)28-16(3)14-17-11-12-22(4,5)23(17,6)7/h15-19,24H,9-14H2,1-8H3. The van der Waals surface area contributed by atoms with Crippen molar-refractivity contribution in [2.45, 2.75) is 98.8 Å². The molecule has 2 aliphatic rings. The third kappa shape index (κ3) is 4.55. The fraction of sp³-hybridized carbons (Fsp3) is 0.913. The average molecular weight is 395 g/mol. The predicted octanol–water partition coefficient (Wildman–Crippen LogP) is 4.01. The van der Waals surface area contributed by atoms with E-state index in [1.165, 1.54) is 12.8 Å². The first kappa shape index (κ1) is 23.2. The number of nitrogens with zero attached hydrogens (tertiary/aromatic N) is 1. The monoisotopic (exact) mass is 394 g/mol. The second-order valence-corrected chi connectivity index (χ2v) is 10.5. The van der Waals surface area contributed by atoms with Crippen LogP contribution in [-0.4, -0.2) is 48.6 Å². The fourth-order valence-electron chi connectivity index (χ4n) is 5.10. The molecule has 5 heteroatoms. The molecule has 4 atom stereocenters. The predicted molar refractivity (Wildman–Crippen MR) is 113 cm³/mol. The second kappa shape index (κ2) is 8.73. The van der Waals surface area contributed by atoms with Gasteiger partial charge in [-0.25, -0.2) is 4.79 Å². The van der Waals surface area contributed by atoms with Crippen LogP contribution in [0, 0.1) is 22.7 Å². The van der Waals surface area contributed by atoms with E-state index in [4.69, 9.17) is 4.74 Å². The Bertz CT molecular complexity index is 570. The number of carbonyl (C=O) groups excluding carboxylic acids is 2. The van der Waals surface area contributed by atoms with E-state index in [1.54, 1.807) is 11.9 Å². The highest BCUT2D eigenvalue weighted by atomic mass is 16.5. The number of likely N-dealkylation sites (tertiary alicyclic amines) is 1. The zero-order valence-corrected chi connectivity index (χ0v) is 19.3. The van der Waals surface area contributed by atoms with E-state index in [2.05, 4.69) is 33.0 Å². The molecule has 0 spiro atoms. The fourth-order valence-corrected chi connectivity index (χ4v) is 5.10. The van der Waals surface area contributed by atoms with Crippen molar-refractivity contribution in [3.8, 4) is 0 Å². The van der Waals surface area contributed by atoms with Crippen LogP contribution in [0.25, 0.3) is 0 Å². The zero-order chi connectivity index (χ0) is 21.3. The Hall–Kier alpha value is -1.10. The van der Waals surface area contributed by atoms with Crippen LogP contribution < -0.4 is 5.32 Å². The van der Waals surface area contributed by atoms with E-state index in [0.717, 1.165) is 12.8 Å². The van der Waals surface area contributed by atoms with Crippen LogP contribution in [0.15, 0.2) is 0 Å². The maximum absolute atomic E-state index is 12.9. The van der Waals surface area contributed by atoms with Crippen LogP contribution in [0.5, 0.6) is 0 Å². The summed E-state index contributed by atoms with van der Waals surface area (Å²) in [4.78, 5) is 27.5. The van der Waals surface area contributed by atoms with E-state index in [9.17, 15) is 9.59 Å². The average Bonchev–Trinajstić information content (AvgIpc) is 3.14. The van der Waals surface area contributed by atoms with Gasteiger partial charge in [0.15, 0.2) is 0 Å². The number of nitrogens with one attached hydrogen (secondary N) is 1. The smallest absolute Gasteiger partial charge is 0.329 e. The summed E-state index contributed by atoms with van der Waals surface area (Å²) in [5.74, 6) is 0.526. The molecule has 2 rings (SSSR count). The summed E-state index contributed by atoms with van der Waals surface area (Å²) >= 11 is 0. The van der Waals surface area contributed by atoms with Crippen LogP contribution in [-0.2, 0) is 14.3 Å². The van der Waals surface area contributed by atoms with E-state index >= 15 is 0 Å². The highest BCUT2D eigenvalue weighted by Crippen LogP contribution is 2.57. The normalized spacial score (nSPS) is 28.4.